The Labute approximate surface area is 180 Å². The first-order valence-corrected chi connectivity index (χ1v) is 10.8. The number of nitrogens with zero attached hydrogens (tertiary/aromatic N) is 4. The van der Waals surface area contributed by atoms with Crippen molar-refractivity contribution in [1.82, 2.24) is 19.4 Å². The average Bonchev–Trinajstić information content (AvgIpc) is 3.50. The average molecular weight is 420 g/mol. The summed E-state index contributed by atoms with van der Waals surface area (Å²) in [5, 5.41) is 0. The number of carbonyl (C=O) groups is 2. The fourth-order valence-electron chi connectivity index (χ4n) is 4.68. The van der Waals surface area contributed by atoms with E-state index >= 15 is 0 Å². The van der Waals surface area contributed by atoms with Crippen molar-refractivity contribution in [2.24, 2.45) is 0 Å². The summed E-state index contributed by atoms with van der Waals surface area (Å²) in [6.45, 7) is 2.86. The van der Waals surface area contributed by atoms with Crippen molar-refractivity contribution >= 4 is 22.8 Å². The summed E-state index contributed by atoms with van der Waals surface area (Å²) < 4.78 is 15.2. The fourth-order valence-corrected chi connectivity index (χ4v) is 4.68. The smallest absolute Gasteiger partial charge is 0.242 e. The second-order valence-electron chi connectivity index (χ2n) is 8.43. The third-order valence-electron chi connectivity index (χ3n) is 6.30. The minimum atomic E-state index is -0.286. The molecule has 0 N–H and O–H groups in total. The van der Waals surface area contributed by atoms with Crippen LogP contribution in [0.4, 0.5) is 4.39 Å². The molecule has 3 aromatic rings. The summed E-state index contributed by atoms with van der Waals surface area (Å²) in [4.78, 5) is 34.2. The number of amides is 2. The van der Waals surface area contributed by atoms with Crippen molar-refractivity contribution in [3.05, 3.63) is 65.7 Å². The van der Waals surface area contributed by atoms with E-state index in [1.165, 1.54) is 12.1 Å². The van der Waals surface area contributed by atoms with Crippen LogP contribution in [0.3, 0.4) is 0 Å². The van der Waals surface area contributed by atoms with E-state index in [1.54, 1.807) is 17.0 Å². The zero-order valence-corrected chi connectivity index (χ0v) is 17.3. The lowest BCUT2D eigenvalue weighted by Crippen LogP contribution is -2.32. The molecule has 2 aliphatic rings. The third-order valence-corrected chi connectivity index (χ3v) is 6.30. The molecule has 2 amide bonds. The van der Waals surface area contributed by atoms with Crippen molar-refractivity contribution < 1.29 is 14.0 Å². The minimum Gasteiger partial charge on any atom is -0.341 e. The van der Waals surface area contributed by atoms with Crippen molar-refractivity contribution in [3.8, 4) is 0 Å². The Bertz CT molecular complexity index is 1120. The molecule has 0 spiro atoms. The number of imidazole rings is 1. The molecule has 2 fully saturated rings. The van der Waals surface area contributed by atoms with Crippen LogP contribution in [0, 0.1) is 5.82 Å². The van der Waals surface area contributed by atoms with Crippen molar-refractivity contribution in [1.29, 1.82) is 0 Å². The van der Waals surface area contributed by atoms with Gasteiger partial charge >= 0.3 is 0 Å². The highest BCUT2D eigenvalue weighted by molar-refractivity contribution is 5.83. The van der Waals surface area contributed by atoms with Gasteiger partial charge in [0.25, 0.3) is 0 Å². The maximum Gasteiger partial charge on any atom is 0.242 e. The lowest BCUT2D eigenvalue weighted by Gasteiger charge is -2.19. The van der Waals surface area contributed by atoms with Gasteiger partial charge in [0.05, 0.1) is 11.0 Å². The molecule has 2 aliphatic heterocycles. The number of benzene rings is 2. The SMILES string of the molecule is O=C(Cn1c([C@@H]2CC(=O)N(Cc3ccc(F)cc3)C2)nc2ccccc21)N1CCCC1. The van der Waals surface area contributed by atoms with Crippen LogP contribution in [-0.2, 0) is 22.7 Å². The molecule has 1 aromatic heterocycles. The first-order valence-electron chi connectivity index (χ1n) is 10.8. The van der Waals surface area contributed by atoms with E-state index < -0.39 is 0 Å². The maximum absolute atomic E-state index is 13.2. The van der Waals surface area contributed by atoms with E-state index in [-0.39, 0.29) is 30.1 Å². The Hall–Kier alpha value is -3.22. The van der Waals surface area contributed by atoms with E-state index in [4.69, 9.17) is 4.98 Å². The van der Waals surface area contributed by atoms with Gasteiger partial charge in [-0.15, -0.1) is 0 Å². The second-order valence-corrected chi connectivity index (χ2v) is 8.43. The van der Waals surface area contributed by atoms with E-state index in [0.29, 0.717) is 19.5 Å². The highest BCUT2D eigenvalue weighted by Gasteiger charge is 2.34. The van der Waals surface area contributed by atoms with Gasteiger partial charge in [-0.05, 0) is 42.7 Å². The van der Waals surface area contributed by atoms with Crippen LogP contribution in [0.2, 0.25) is 0 Å². The second kappa shape index (κ2) is 8.13. The summed E-state index contributed by atoms with van der Waals surface area (Å²) in [6, 6.07) is 14.1. The van der Waals surface area contributed by atoms with E-state index in [2.05, 4.69) is 0 Å². The number of hydrogen-bond acceptors (Lipinski definition) is 3. The molecule has 0 unspecified atom stereocenters. The molecule has 5 rings (SSSR count). The van der Waals surface area contributed by atoms with Gasteiger partial charge in [-0.25, -0.2) is 9.37 Å². The number of halogens is 1. The summed E-state index contributed by atoms with van der Waals surface area (Å²) in [7, 11) is 0. The molecule has 0 aliphatic carbocycles. The molecule has 0 saturated carbocycles. The van der Waals surface area contributed by atoms with Gasteiger partial charge in [-0.1, -0.05) is 24.3 Å². The normalized spacial score (nSPS) is 19.0. The van der Waals surface area contributed by atoms with Gasteiger partial charge in [0, 0.05) is 38.5 Å². The van der Waals surface area contributed by atoms with Gasteiger partial charge in [-0.2, -0.15) is 0 Å². The number of rotatable bonds is 5. The molecular weight excluding hydrogens is 395 g/mol. The van der Waals surface area contributed by atoms with E-state index in [9.17, 15) is 14.0 Å². The highest BCUT2D eigenvalue weighted by atomic mass is 19.1. The minimum absolute atomic E-state index is 0.0544. The molecule has 1 atom stereocenters. The monoisotopic (exact) mass is 420 g/mol. The number of likely N-dealkylation sites (tertiary alicyclic amines) is 2. The van der Waals surface area contributed by atoms with Crippen LogP contribution in [0.5, 0.6) is 0 Å². The quantitative estimate of drug-likeness (QED) is 0.636. The predicted octanol–water partition coefficient (Wildman–Crippen LogP) is 3.31. The van der Waals surface area contributed by atoms with Gasteiger partial charge in [-0.3, -0.25) is 9.59 Å². The summed E-state index contributed by atoms with van der Waals surface area (Å²) in [5.41, 5.74) is 2.67. The van der Waals surface area contributed by atoms with Crippen LogP contribution in [0.1, 0.15) is 36.6 Å². The molecule has 0 radical (unpaired) electrons. The van der Waals surface area contributed by atoms with Crippen LogP contribution < -0.4 is 0 Å². The largest absolute Gasteiger partial charge is 0.341 e. The first kappa shape index (κ1) is 19.7. The number of aromatic nitrogens is 2. The fraction of sp³-hybridized carbons (Fsp3) is 0.375. The Balaban J connectivity index is 1.40. The number of fused-ring (bicyclic) bond motifs is 1. The predicted molar refractivity (Wildman–Crippen MR) is 115 cm³/mol. The third kappa shape index (κ3) is 3.92. The zero-order chi connectivity index (χ0) is 21.4. The standard InChI is InChI=1S/C24H25FN4O2/c25-19-9-7-17(8-10-19)14-28-15-18(13-22(28)30)24-26-20-5-1-2-6-21(20)29(24)16-23(31)27-11-3-4-12-27/h1-2,5-10,18H,3-4,11-16H2/t18-/m1/s1. The molecular formula is C24H25FN4O2. The Morgan fingerprint density at radius 2 is 1.81 bits per heavy atom. The van der Waals surface area contributed by atoms with Gasteiger partial charge in [0.15, 0.2) is 0 Å². The van der Waals surface area contributed by atoms with Crippen LogP contribution in [-0.4, -0.2) is 50.8 Å². The number of carbonyl (C=O) groups excluding carboxylic acids is 2. The van der Waals surface area contributed by atoms with Crippen LogP contribution in [0.15, 0.2) is 48.5 Å². The van der Waals surface area contributed by atoms with Crippen molar-refractivity contribution in [2.45, 2.75) is 38.3 Å². The molecule has 6 nitrogen and oxygen atoms in total. The molecule has 160 valence electrons. The molecule has 0 bridgehead atoms. The van der Waals surface area contributed by atoms with Gasteiger partial charge in [0.2, 0.25) is 11.8 Å². The topological polar surface area (TPSA) is 58.4 Å². The molecule has 7 heteroatoms. The number of para-hydroxylation sites is 2. The van der Waals surface area contributed by atoms with Crippen LogP contribution in [0.25, 0.3) is 11.0 Å². The first-order chi connectivity index (χ1) is 15.1. The van der Waals surface area contributed by atoms with E-state index in [0.717, 1.165) is 48.4 Å². The molecule has 2 aromatic carbocycles. The zero-order valence-electron chi connectivity index (χ0n) is 17.3. The molecule has 31 heavy (non-hydrogen) atoms. The van der Waals surface area contributed by atoms with Crippen molar-refractivity contribution in [3.63, 3.8) is 0 Å². The summed E-state index contributed by atoms with van der Waals surface area (Å²) >= 11 is 0. The Kier molecular flexibility index (Phi) is 5.18. The Morgan fingerprint density at radius 3 is 2.58 bits per heavy atom. The molecule has 2 saturated heterocycles. The Morgan fingerprint density at radius 1 is 1.06 bits per heavy atom. The summed E-state index contributed by atoms with van der Waals surface area (Å²) in [5.74, 6) is 0.592. The maximum atomic E-state index is 13.2. The van der Waals surface area contributed by atoms with E-state index in [1.807, 2.05) is 33.7 Å². The van der Waals surface area contributed by atoms with Gasteiger partial charge < -0.3 is 14.4 Å². The number of hydrogen-bond donors (Lipinski definition) is 0. The lowest BCUT2D eigenvalue weighted by atomic mass is 10.1. The van der Waals surface area contributed by atoms with Gasteiger partial charge in [0.1, 0.15) is 18.2 Å². The van der Waals surface area contributed by atoms with Crippen LogP contribution >= 0.6 is 0 Å². The van der Waals surface area contributed by atoms with Crippen molar-refractivity contribution in [2.75, 3.05) is 19.6 Å². The summed E-state index contributed by atoms with van der Waals surface area (Å²) in [6.07, 6.45) is 2.47. The lowest BCUT2D eigenvalue weighted by molar-refractivity contribution is -0.130. The highest BCUT2D eigenvalue weighted by Crippen LogP contribution is 2.31. The molecule has 3 heterocycles.